The predicted octanol–water partition coefficient (Wildman–Crippen LogP) is 2.69. The first-order chi connectivity index (χ1) is 13.1. The van der Waals surface area contributed by atoms with E-state index >= 15 is 0 Å². The van der Waals surface area contributed by atoms with Crippen LogP contribution in [0.5, 0.6) is 0 Å². The van der Waals surface area contributed by atoms with E-state index < -0.39 is 11.2 Å². The molecule has 1 amide bonds. The van der Waals surface area contributed by atoms with Crippen molar-refractivity contribution in [2.45, 2.75) is 32.2 Å². The van der Waals surface area contributed by atoms with E-state index in [0.29, 0.717) is 22.2 Å². The Balaban J connectivity index is 1.79. The van der Waals surface area contributed by atoms with Crippen LogP contribution in [-0.2, 0) is 0 Å². The lowest BCUT2D eigenvalue weighted by molar-refractivity contribution is 0.0636. The van der Waals surface area contributed by atoms with Gasteiger partial charge in [0.2, 0.25) is 0 Å². The molecule has 6 heteroatoms. The van der Waals surface area contributed by atoms with E-state index in [1.165, 1.54) is 0 Å². The Hall–Kier alpha value is -3.15. The quantitative estimate of drug-likeness (QED) is 0.761. The molecule has 1 fully saturated rings. The number of carbonyl (C=O) groups is 1. The molecule has 1 aliphatic rings. The van der Waals surface area contributed by atoms with Crippen LogP contribution < -0.4 is 11.2 Å². The molecule has 2 heterocycles. The van der Waals surface area contributed by atoms with Crippen molar-refractivity contribution >= 4 is 16.8 Å². The maximum atomic E-state index is 12.9. The van der Waals surface area contributed by atoms with Crippen molar-refractivity contribution in [2.75, 3.05) is 6.54 Å². The number of carbonyl (C=O) groups excluding carboxylic acids is 1. The summed E-state index contributed by atoms with van der Waals surface area (Å²) >= 11 is 0. The lowest BCUT2D eigenvalue weighted by Gasteiger charge is -2.33. The summed E-state index contributed by atoms with van der Waals surface area (Å²) in [5.41, 5.74) is 0.462. The molecule has 27 heavy (non-hydrogen) atoms. The molecule has 3 aromatic rings. The Labute approximate surface area is 156 Å². The van der Waals surface area contributed by atoms with E-state index in [2.05, 4.69) is 11.9 Å². The number of amides is 1. The average molecular weight is 363 g/mol. The monoisotopic (exact) mass is 363 g/mol. The van der Waals surface area contributed by atoms with Crippen molar-refractivity contribution in [2.24, 2.45) is 0 Å². The van der Waals surface area contributed by atoms with Crippen LogP contribution in [0, 0.1) is 0 Å². The minimum absolute atomic E-state index is 0.0582. The summed E-state index contributed by atoms with van der Waals surface area (Å²) in [5, 5.41) is 0.377. The van der Waals surface area contributed by atoms with Gasteiger partial charge in [-0.05, 0) is 56.5 Å². The number of benzene rings is 2. The van der Waals surface area contributed by atoms with Gasteiger partial charge in [0, 0.05) is 18.2 Å². The Morgan fingerprint density at radius 1 is 1.07 bits per heavy atom. The highest BCUT2D eigenvalue weighted by Gasteiger charge is 2.24. The fourth-order valence-corrected chi connectivity index (χ4v) is 3.73. The summed E-state index contributed by atoms with van der Waals surface area (Å²) in [6.07, 6.45) is 3.13. The Morgan fingerprint density at radius 2 is 1.85 bits per heavy atom. The molecule has 6 nitrogen and oxygen atoms in total. The Morgan fingerprint density at radius 3 is 2.59 bits per heavy atom. The second kappa shape index (κ2) is 6.87. The van der Waals surface area contributed by atoms with Crippen molar-refractivity contribution in [3.63, 3.8) is 0 Å². The number of hydrogen-bond donors (Lipinski definition) is 1. The highest BCUT2D eigenvalue weighted by atomic mass is 16.2. The first kappa shape index (κ1) is 17.3. The molecule has 0 spiro atoms. The number of aromatic nitrogens is 2. The third kappa shape index (κ3) is 3.07. The number of piperidine rings is 1. The third-order valence-corrected chi connectivity index (χ3v) is 5.22. The van der Waals surface area contributed by atoms with E-state index in [-0.39, 0.29) is 11.9 Å². The third-order valence-electron chi connectivity index (χ3n) is 5.22. The van der Waals surface area contributed by atoms with E-state index in [4.69, 9.17) is 0 Å². The summed E-state index contributed by atoms with van der Waals surface area (Å²) in [6, 6.07) is 13.9. The molecule has 1 aromatic heterocycles. The highest BCUT2D eigenvalue weighted by Crippen LogP contribution is 2.20. The number of nitrogens with zero attached hydrogens (tertiary/aromatic N) is 2. The minimum Gasteiger partial charge on any atom is -0.336 e. The Bertz CT molecular complexity index is 1110. The maximum absolute atomic E-state index is 12.9. The molecule has 1 unspecified atom stereocenters. The lowest BCUT2D eigenvalue weighted by Crippen LogP contribution is -2.42. The van der Waals surface area contributed by atoms with E-state index in [9.17, 15) is 14.4 Å². The van der Waals surface area contributed by atoms with Gasteiger partial charge >= 0.3 is 5.69 Å². The number of hydrogen-bond acceptors (Lipinski definition) is 3. The van der Waals surface area contributed by atoms with Crippen molar-refractivity contribution in [1.29, 1.82) is 0 Å². The van der Waals surface area contributed by atoms with Gasteiger partial charge in [-0.25, -0.2) is 9.36 Å². The SMILES string of the molecule is CC1CCCCN1C(=O)c1ccc2c(=O)n(-c3ccccc3)c(=O)[nH]c2c1. The van der Waals surface area contributed by atoms with Gasteiger partial charge in [0.1, 0.15) is 0 Å². The first-order valence-electron chi connectivity index (χ1n) is 9.22. The van der Waals surface area contributed by atoms with Crippen LogP contribution in [0.25, 0.3) is 16.6 Å². The van der Waals surface area contributed by atoms with Gasteiger partial charge < -0.3 is 9.88 Å². The number of H-pyrrole nitrogens is 1. The minimum atomic E-state index is -0.519. The van der Waals surface area contributed by atoms with Crippen LogP contribution in [0.3, 0.4) is 0 Å². The number of aromatic amines is 1. The smallest absolute Gasteiger partial charge is 0.333 e. The summed E-state index contributed by atoms with van der Waals surface area (Å²) in [7, 11) is 0. The molecule has 0 aliphatic carbocycles. The van der Waals surface area contributed by atoms with Crippen molar-refractivity contribution in [1.82, 2.24) is 14.5 Å². The van der Waals surface area contributed by atoms with Crippen molar-refractivity contribution in [3.05, 3.63) is 74.9 Å². The molecule has 0 saturated carbocycles. The van der Waals surface area contributed by atoms with E-state index in [1.54, 1.807) is 42.5 Å². The fraction of sp³-hybridized carbons (Fsp3) is 0.286. The normalized spacial score (nSPS) is 17.2. The molecule has 1 atom stereocenters. The van der Waals surface area contributed by atoms with Gasteiger partial charge in [-0.3, -0.25) is 9.59 Å². The summed E-state index contributed by atoms with van der Waals surface area (Å²) in [5.74, 6) is -0.0582. The number of nitrogens with one attached hydrogen (secondary N) is 1. The van der Waals surface area contributed by atoms with Crippen LogP contribution in [0.15, 0.2) is 58.1 Å². The first-order valence-corrected chi connectivity index (χ1v) is 9.22. The second-order valence-corrected chi connectivity index (χ2v) is 7.01. The largest absolute Gasteiger partial charge is 0.336 e. The number of likely N-dealkylation sites (tertiary alicyclic amines) is 1. The molecule has 138 valence electrons. The highest BCUT2D eigenvalue weighted by molar-refractivity contribution is 5.97. The molecule has 0 bridgehead atoms. The molecular formula is C21H21N3O3. The number of rotatable bonds is 2. The Kier molecular flexibility index (Phi) is 4.39. The van der Waals surface area contributed by atoms with Crippen LogP contribution in [0.4, 0.5) is 0 Å². The van der Waals surface area contributed by atoms with Crippen molar-refractivity contribution in [3.8, 4) is 5.69 Å². The number of para-hydroxylation sites is 1. The lowest BCUT2D eigenvalue weighted by atomic mass is 10.0. The van der Waals surface area contributed by atoms with Crippen LogP contribution in [-0.4, -0.2) is 32.9 Å². The van der Waals surface area contributed by atoms with Gasteiger partial charge in [-0.15, -0.1) is 0 Å². The van der Waals surface area contributed by atoms with Gasteiger partial charge in [0.25, 0.3) is 11.5 Å². The standard InChI is InChI=1S/C21H21N3O3/c1-14-7-5-6-12-23(14)19(25)15-10-11-17-18(13-15)22-21(27)24(20(17)26)16-8-3-2-4-9-16/h2-4,8-11,13-14H,5-7,12H2,1H3,(H,22,27). The molecule has 2 aromatic carbocycles. The maximum Gasteiger partial charge on any atom is 0.333 e. The zero-order valence-corrected chi connectivity index (χ0v) is 15.1. The zero-order chi connectivity index (χ0) is 19.0. The molecule has 4 rings (SSSR count). The van der Waals surface area contributed by atoms with Crippen LogP contribution >= 0.6 is 0 Å². The second-order valence-electron chi connectivity index (χ2n) is 7.01. The molecular weight excluding hydrogens is 342 g/mol. The molecule has 1 N–H and O–H groups in total. The summed E-state index contributed by atoms with van der Waals surface area (Å²) < 4.78 is 1.11. The van der Waals surface area contributed by atoms with E-state index in [0.717, 1.165) is 30.4 Å². The fourth-order valence-electron chi connectivity index (χ4n) is 3.73. The van der Waals surface area contributed by atoms with Gasteiger partial charge in [0.15, 0.2) is 0 Å². The van der Waals surface area contributed by atoms with Crippen LogP contribution in [0.1, 0.15) is 36.5 Å². The van der Waals surface area contributed by atoms with Gasteiger partial charge in [-0.1, -0.05) is 18.2 Å². The predicted molar refractivity (Wildman–Crippen MR) is 105 cm³/mol. The number of fused-ring (bicyclic) bond motifs is 1. The summed E-state index contributed by atoms with van der Waals surface area (Å²) in [4.78, 5) is 42.8. The van der Waals surface area contributed by atoms with Crippen molar-refractivity contribution < 1.29 is 4.79 Å². The topological polar surface area (TPSA) is 75.2 Å². The van der Waals surface area contributed by atoms with Gasteiger partial charge in [-0.2, -0.15) is 0 Å². The van der Waals surface area contributed by atoms with Gasteiger partial charge in [0.05, 0.1) is 16.6 Å². The molecule has 1 aliphatic heterocycles. The van der Waals surface area contributed by atoms with Crippen LogP contribution in [0.2, 0.25) is 0 Å². The average Bonchev–Trinajstić information content (AvgIpc) is 2.68. The zero-order valence-electron chi connectivity index (χ0n) is 15.1. The molecule has 0 radical (unpaired) electrons. The van der Waals surface area contributed by atoms with E-state index in [1.807, 2.05) is 11.0 Å². The summed E-state index contributed by atoms with van der Waals surface area (Å²) in [6.45, 7) is 2.79. The molecule has 1 saturated heterocycles.